The largest absolute Gasteiger partial charge is 0.378 e. The maximum Gasteiger partial charge on any atom is 0.247 e. The Hall–Kier alpha value is -3.62. The molecular weight excluding hydrogens is 460 g/mol. The standard InChI is InChI=1S/C27H26N4O3S/c32-25(28-21-11-13-22(14-12-21)30-15-17-34-18-16-30)19-24-26(33)31(23-9-5-2-6-10-23)27(35-24)29-20-7-3-1-4-8-20/h1-14,24H,15-19H2,(H,28,32). The van der Waals surface area contributed by atoms with Crippen LogP contribution in [0.1, 0.15) is 6.42 Å². The van der Waals surface area contributed by atoms with Crippen molar-refractivity contribution >= 4 is 51.5 Å². The summed E-state index contributed by atoms with van der Waals surface area (Å²) in [6.07, 6.45) is 0.0614. The van der Waals surface area contributed by atoms with Gasteiger partial charge in [-0.15, -0.1) is 0 Å². The Morgan fingerprint density at radius 2 is 1.57 bits per heavy atom. The molecule has 0 saturated carbocycles. The number of hydrogen-bond acceptors (Lipinski definition) is 6. The number of thioether (sulfide) groups is 1. The summed E-state index contributed by atoms with van der Waals surface area (Å²) in [5.74, 6) is -0.349. The maximum absolute atomic E-state index is 13.3. The van der Waals surface area contributed by atoms with Crippen LogP contribution in [-0.4, -0.2) is 48.5 Å². The smallest absolute Gasteiger partial charge is 0.247 e. The summed E-state index contributed by atoms with van der Waals surface area (Å²) in [5, 5.41) is 2.95. The first-order valence-corrected chi connectivity index (χ1v) is 12.5. The van der Waals surface area contributed by atoms with E-state index in [0.717, 1.165) is 43.4 Å². The summed E-state index contributed by atoms with van der Waals surface area (Å²) in [7, 11) is 0. The van der Waals surface area contributed by atoms with Crippen LogP contribution in [0.2, 0.25) is 0 Å². The van der Waals surface area contributed by atoms with E-state index in [9.17, 15) is 9.59 Å². The molecule has 2 saturated heterocycles. The molecule has 3 aromatic carbocycles. The van der Waals surface area contributed by atoms with E-state index in [1.165, 1.54) is 11.8 Å². The fourth-order valence-electron chi connectivity index (χ4n) is 4.06. The zero-order valence-electron chi connectivity index (χ0n) is 19.2. The number of ether oxygens (including phenoxy) is 1. The van der Waals surface area contributed by atoms with E-state index in [2.05, 4.69) is 10.2 Å². The number of amides is 2. The summed E-state index contributed by atoms with van der Waals surface area (Å²) in [4.78, 5) is 34.8. The monoisotopic (exact) mass is 486 g/mol. The Kier molecular flexibility index (Phi) is 7.11. The molecule has 5 rings (SSSR count). The third-order valence-corrected chi connectivity index (χ3v) is 6.97. The number of nitrogens with one attached hydrogen (secondary N) is 1. The van der Waals surface area contributed by atoms with Gasteiger partial charge in [0.2, 0.25) is 11.8 Å². The fraction of sp³-hybridized carbons (Fsp3) is 0.222. The first-order valence-electron chi connectivity index (χ1n) is 11.6. The lowest BCUT2D eigenvalue weighted by atomic mass is 10.2. The Bertz CT molecular complexity index is 1200. The quantitative estimate of drug-likeness (QED) is 0.547. The molecule has 0 spiro atoms. The minimum Gasteiger partial charge on any atom is -0.378 e. The van der Waals surface area contributed by atoms with Gasteiger partial charge in [0.25, 0.3) is 0 Å². The summed E-state index contributed by atoms with van der Waals surface area (Å²) in [6, 6.07) is 26.7. The summed E-state index contributed by atoms with van der Waals surface area (Å²) in [6.45, 7) is 3.16. The van der Waals surface area contributed by atoms with Gasteiger partial charge in [-0.2, -0.15) is 0 Å². The van der Waals surface area contributed by atoms with E-state index in [4.69, 9.17) is 9.73 Å². The van der Waals surface area contributed by atoms with Crippen molar-refractivity contribution in [3.63, 3.8) is 0 Å². The van der Waals surface area contributed by atoms with Gasteiger partial charge >= 0.3 is 0 Å². The molecule has 3 aromatic rings. The minimum absolute atomic E-state index is 0.0614. The van der Waals surface area contributed by atoms with E-state index >= 15 is 0 Å². The van der Waals surface area contributed by atoms with Crippen LogP contribution in [0.4, 0.5) is 22.7 Å². The van der Waals surface area contributed by atoms with Gasteiger partial charge < -0.3 is 15.0 Å². The lowest BCUT2D eigenvalue weighted by Crippen LogP contribution is -2.36. The van der Waals surface area contributed by atoms with E-state index in [-0.39, 0.29) is 18.2 Å². The molecule has 2 aliphatic heterocycles. The highest BCUT2D eigenvalue weighted by Crippen LogP contribution is 2.35. The van der Waals surface area contributed by atoms with E-state index in [1.807, 2.05) is 84.9 Å². The number of carbonyl (C=O) groups is 2. The number of amidine groups is 1. The Morgan fingerprint density at radius 1 is 0.914 bits per heavy atom. The maximum atomic E-state index is 13.3. The number of nitrogens with zero attached hydrogens (tertiary/aromatic N) is 3. The zero-order valence-corrected chi connectivity index (χ0v) is 20.0. The molecule has 7 nitrogen and oxygen atoms in total. The Balaban J connectivity index is 1.28. The second kappa shape index (κ2) is 10.8. The van der Waals surface area contributed by atoms with Crippen LogP contribution in [0.5, 0.6) is 0 Å². The van der Waals surface area contributed by atoms with Crippen LogP contribution in [0.25, 0.3) is 0 Å². The normalized spacial score (nSPS) is 19.3. The Morgan fingerprint density at radius 3 is 2.26 bits per heavy atom. The van der Waals surface area contributed by atoms with Crippen LogP contribution in [0.15, 0.2) is 89.9 Å². The summed E-state index contributed by atoms with van der Waals surface area (Å²) < 4.78 is 5.41. The molecule has 1 unspecified atom stereocenters. The van der Waals surface area contributed by atoms with Crippen molar-refractivity contribution in [2.75, 3.05) is 41.4 Å². The van der Waals surface area contributed by atoms with Crippen LogP contribution >= 0.6 is 11.8 Å². The number of benzene rings is 3. The fourth-order valence-corrected chi connectivity index (χ4v) is 5.21. The van der Waals surface area contributed by atoms with Gasteiger partial charge in [-0.3, -0.25) is 14.5 Å². The van der Waals surface area contributed by atoms with Crippen molar-refractivity contribution in [1.29, 1.82) is 0 Å². The third kappa shape index (κ3) is 5.55. The van der Waals surface area contributed by atoms with Gasteiger partial charge in [0, 0.05) is 30.9 Å². The van der Waals surface area contributed by atoms with Gasteiger partial charge in [0.15, 0.2) is 5.17 Å². The number of anilines is 3. The van der Waals surface area contributed by atoms with E-state index in [1.54, 1.807) is 4.90 Å². The van der Waals surface area contributed by atoms with Gasteiger partial charge in [-0.1, -0.05) is 48.2 Å². The minimum atomic E-state index is -0.551. The topological polar surface area (TPSA) is 74.2 Å². The van der Waals surface area contributed by atoms with Crippen molar-refractivity contribution in [3.8, 4) is 0 Å². The van der Waals surface area contributed by atoms with Crippen molar-refractivity contribution in [2.24, 2.45) is 4.99 Å². The van der Waals surface area contributed by atoms with Crippen LogP contribution < -0.4 is 15.1 Å². The third-order valence-electron chi connectivity index (χ3n) is 5.83. The van der Waals surface area contributed by atoms with Gasteiger partial charge in [-0.05, 0) is 48.5 Å². The van der Waals surface area contributed by atoms with Gasteiger partial charge in [0.1, 0.15) is 5.25 Å². The zero-order chi connectivity index (χ0) is 24.0. The molecule has 2 amide bonds. The molecule has 0 bridgehead atoms. The number of morpholine rings is 1. The molecule has 8 heteroatoms. The number of para-hydroxylation sites is 2. The number of hydrogen-bond donors (Lipinski definition) is 1. The number of rotatable bonds is 6. The first kappa shape index (κ1) is 23.1. The highest BCUT2D eigenvalue weighted by molar-refractivity contribution is 8.16. The van der Waals surface area contributed by atoms with Crippen molar-refractivity contribution in [1.82, 2.24) is 0 Å². The van der Waals surface area contributed by atoms with E-state index < -0.39 is 5.25 Å². The SMILES string of the molecule is O=C(CC1SC(=Nc2ccccc2)N(c2ccccc2)C1=O)Nc1ccc(N2CCOCC2)cc1. The lowest BCUT2D eigenvalue weighted by molar-refractivity contribution is -0.121. The lowest BCUT2D eigenvalue weighted by Gasteiger charge is -2.28. The van der Waals surface area contributed by atoms with Crippen molar-refractivity contribution < 1.29 is 14.3 Å². The number of aliphatic imine (C=N–C) groups is 1. The van der Waals surface area contributed by atoms with Crippen molar-refractivity contribution in [3.05, 3.63) is 84.9 Å². The molecule has 35 heavy (non-hydrogen) atoms. The first-order chi connectivity index (χ1) is 17.2. The molecule has 0 aliphatic carbocycles. The van der Waals surface area contributed by atoms with Gasteiger partial charge in [0.05, 0.1) is 24.6 Å². The highest BCUT2D eigenvalue weighted by atomic mass is 32.2. The van der Waals surface area contributed by atoms with Crippen molar-refractivity contribution in [2.45, 2.75) is 11.7 Å². The molecule has 2 aliphatic rings. The molecule has 2 fully saturated rings. The molecule has 0 aromatic heterocycles. The molecule has 0 radical (unpaired) electrons. The predicted octanol–water partition coefficient (Wildman–Crippen LogP) is 4.69. The van der Waals surface area contributed by atoms with Gasteiger partial charge in [-0.25, -0.2) is 4.99 Å². The molecule has 1 atom stereocenters. The summed E-state index contributed by atoms with van der Waals surface area (Å²) >= 11 is 1.32. The van der Waals surface area contributed by atoms with Crippen LogP contribution in [-0.2, 0) is 14.3 Å². The second-order valence-electron chi connectivity index (χ2n) is 8.24. The average Bonchev–Trinajstić information content (AvgIpc) is 3.20. The molecule has 1 N–H and O–H groups in total. The average molecular weight is 487 g/mol. The van der Waals surface area contributed by atoms with Crippen LogP contribution in [0.3, 0.4) is 0 Å². The molecule has 2 heterocycles. The Labute approximate surface area is 208 Å². The molecule has 178 valence electrons. The predicted molar refractivity (Wildman–Crippen MR) is 142 cm³/mol. The second-order valence-corrected chi connectivity index (χ2v) is 9.41. The highest BCUT2D eigenvalue weighted by Gasteiger charge is 2.40. The summed E-state index contributed by atoms with van der Waals surface area (Å²) in [5.41, 5.74) is 3.31. The molecular formula is C27H26N4O3S. The van der Waals surface area contributed by atoms with E-state index in [0.29, 0.717) is 10.9 Å². The number of carbonyl (C=O) groups excluding carboxylic acids is 2. The van der Waals surface area contributed by atoms with Crippen LogP contribution in [0, 0.1) is 0 Å².